The Balaban J connectivity index is 1.76. The Morgan fingerprint density at radius 3 is 2.65 bits per heavy atom. The smallest absolute Gasteiger partial charge is 0.241 e. The number of carbonyl (C=O) groups excluding carboxylic acids is 1. The van der Waals surface area contributed by atoms with E-state index < -0.39 is 0 Å². The summed E-state index contributed by atoms with van der Waals surface area (Å²) >= 11 is 0. The highest BCUT2D eigenvalue weighted by atomic mass is 16.2. The molecule has 0 bridgehead atoms. The molecule has 0 spiro atoms. The molecule has 2 fully saturated rings. The van der Waals surface area contributed by atoms with Crippen LogP contribution >= 0.6 is 0 Å². The Morgan fingerprint density at radius 2 is 2.00 bits per heavy atom. The fraction of sp³-hybridized carbons (Fsp3) is 0.588. The first kappa shape index (κ1) is 13.6. The molecule has 1 aliphatic carbocycles. The molecule has 1 saturated carbocycles. The van der Waals surface area contributed by atoms with Gasteiger partial charge in [-0.25, -0.2) is 0 Å². The van der Waals surface area contributed by atoms with Crippen LogP contribution in [0, 0.1) is 5.92 Å². The molecule has 20 heavy (non-hydrogen) atoms. The van der Waals surface area contributed by atoms with E-state index in [1.807, 2.05) is 6.07 Å². The molecule has 3 nitrogen and oxygen atoms in total. The molecule has 2 atom stereocenters. The van der Waals surface area contributed by atoms with Gasteiger partial charge in [0.1, 0.15) is 6.17 Å². The van der Waals surface area contributed by atoms with E-state index in [2.05, 4.69) is 41.4 Å². The number of rotatable bonds is 6. The number of amides is 1. The van der Waals surface area contributed by atoms with Gasteiger partial charge in [-0.2, -0.15) is 0 Å². The Hall–Kier alpha value is -1.35. The van der Waals surface area contributed by atoms with Crippen molar-refractivity contribution < 1.29 is 4.79 Å². The van der Waals surface area contributed by atoms with E-state index in [1.54, 1.807) is 0 Å². The molecule has 108 valence electrons. The van der Waals surface area contributed by atoms with Crippen LogP contribution in [0.25, 0.3) is 0 Å². The molecule has 0 radical (unpaired) electrons. The molecule has 1 heterocycles. The van der Waals surface area contributed by atoms with Crippen LogP contribution < -0.4 is 5.32 Å². The number of benzene rings is 1. The van der Waals surface area contributed by atoms with Crippen molar-refractivity contribution >= 4 is 5.91 Å². The molecule has 1 aromatic carbocycles. The van der Waals surface area contributed by atoms with E-state index in [0.29, 0.717) is 5.91 Å². The van der Waals surface area contributed by atoms with Gasteiger partial charge in [0.15, 0.2) is 0 Å². The largest absolute Gasteiger partial charge is 0.321 e. The van der Waals surface area contributed by atoms with Gasteiger partial charge in [0.25, 0.3) is 0 Å². The fourth-order valence-corrected chi connectivity index (χ4v) is 2.98. The summed E-state index contributed by atoms with van der Waals surface area (Å²) in [5, 5.41) is 3.55. The van der Waals surface area contributed by atoms with Gasteiger partial charge in [0, 0.05) is 6.54 Å². The molecular weight excluding hydrogens is 248 g/mol. The maximum absolute atomic E-state index is 12.6. The van der Waals surface area contributed by atoms with E-state index in [0.717, 1.165) is 31.7 Å². The van der Waals surface area contributed by atoms with Crippen LogP contribution in [0.15, 0.2) is 30.3 Å². The summed E-state index contributed by atoms with van der Waals surface area (Å²) in [6.45, 7) is 3.10. The summed E-state index contributed by atoms with van der Waals surface area (Å²) in [5.74, 6) is 1.04. The average Bonchev–Trinajstić information content (AvgIpc) is 3.25. The predicted octanol–water partition coefficient (Wildman–Crippen LogP) is 3.09. The first-order chi connectivity index (χ1) is 9.79. The van der Waals surface area contributed by atoms with Crippen LogP contribution in [0.3, 0.4) is 0 Å². The predicted molar refractivity (Wildman–Crippen MR) is 80.1 cm³/mol. The van der Waals surface area contributed by atoms with Crippen LogP contribution in [-0.2, 0) is 4.79 Å². The lowest BCUT2D eigenvalue weighted by atomic mass is 10.1. The minimum Gasteiger partial charge on any atom is -0.321 e. The number of hydrogen-bond acceptors (Lipinski definition) is 2. The van der Waals surface area contributed by atoms with Crippen molar-refractivity contribution in [3.63, 3.8) is 0 Å². The van der Waals surface area contributed by atoms with Crippen molar-refractivity contribution in [2.45, 2.75) is 51.2 Å². The first-order valence-corrected chi connectivity index (χ1v) is 7.91. The topological polar surface area (TPSA) is 32.3 Å². The standard InChI is InChI=1S/C17H24N2O/c1-2-3-9-15-17(20)19(12-13-10-11-13)16(18-15)14-7-5-4-6-8-14/h4-8,13,15-16,18H,2-3,9-12H2,1H3. The van der Waals surface area contributed by atoms with E-state index in [-0.39, 0.29) is 12.2 Å². The molecule has 2 unspecified atom stereocenters. The molecule has 2 aliphatic rings. The third-order valence-electron chi connectivity index (χ3n) is 4.37. The van der Waals surface area contributed by atoms with Crippen molar-refractivity contribution in [1.29, 1.82) is 0 Å². The SMILES string of the molecule is CCCCC1NC(c2ccccc2)N(CC2CC2)C1=O. The zero-order valence-electron chi connectivity index (χ0n) is 12.2. The summed E-state index contributed by atoms with van der Waals surface area (Å²) in [4.78, 5) is 14.7. The second-order valence-electron chi connectivity index (χ2n) is 6.11. The van der Waals surface area contributed by atoms with Crippen molar-refractivity contribution in [3.8, 4) is 0 Å². The number of nitrogens with one attached hydrogen (secondary N) is 1. The Kier molecular flexibility index (Phi) is 4.06. The summed E-state index contributed by atoms with van der Waals surface area (Å²) in [5.41, 5.74) is 1.21. The van der Waals surface area contributed by atoms with E-state index in [1.165, 1.54) is 18.4 Å². The Morgan fingerprint density at radius 1 is 1.25 bits per heavy atom. The second kappa shape index (κ2) is 5.96. The van der Waals surface area contributed by atoms with Crippen molar-refractivity contribution in [2.75, 3.05) is 6.54 Å². The zero-order valence-corrected chi connectivity index (χ0v) is 12.2. The molecular formula is C17H24N2O. The molecule has 3 heteroatoms. The maximum atomic E-state index is 12.6. The number of nitrogens with zero attached hydrogens (tertiary/aromatic N) is 1. The molecule has 1 amide bonds. The minimum absolute atomic E-state index is 0.0129. The Bertz CT molecular complexity index is 455. The quantitative estimate of drug-likeness (QED) is 0.863. The van der Waals surface area contributed by atoms with Gasteiger partial charge in [-0.3, -0.25) is 10.1 Å². The fourth-order valence-electron chi connectivity index (χ4n) is 2.98. The maximum Gasteiger partial charge on any atom is 0.241 e. The van der Waals surface area contributed by atoms with Crippen molar-refractivity contribution in [2.24, 2.45) is 5.92 Å². The summed E-state index contributed by atoms with van der Waals surface area (Å²) in [6.07, 6.45) is 5.85. The Labute approximate surface area is 121 Å². The summed E-state index contributed by atoms with van der Waals surface area (Å²) in [6, 6.07) is 10.4. The van der Waals surface area contributed by atoms with Gasteiger partial charge in [-0.15, -0.1) is 0 Å². The van der Waals surface area contributed by atoms with Crippen molar-refractivity contribution in [3.05, 3.63) is 35.9 Å². The number of hydrogen-bond donors (Lipinski definition) is 1. The van der Waals surface area contributed by atoms with Gasteiger partial charge in [-0.05, 0) is 30.7 Å². The van der Waals surface area contributed by atoms with Crippen LogP contribution in [0.4, 0.5) is 0 Å². The van der Waals surface area contributed by atoms with Gasteiger partial charge in [0.05, 0.1) is 6.04 Å². The van der Waals surface area contributed by atoms with E-state index in [4.69, 9.17) is 0 Å². The lowest BCUT2D eigenvalue weighted by molar-refractivity contribution is -0.130. The van der Waals surface area contributed by atoms with E-state index >= 15 is 0 Å². The first-order valence-electron chi connectivity index (χ1n) is 7.91. The third-order valence-corrected chi connectivity index (χ3v) is 4.37. The summed E-state index contributed by atoms with van der Waals surface area (Å²) in [7, 11) is 0. The number of carbonyl (C=O) groups is 1. The molecule has 1 N–H and O–H groups in total. The lowest BCUT2D eigenvalue weighted by Gasteiger charge is -2.24. The molecule has 1 aliphatic heterocycles. The van der Waals surface area contributed by atoms with Gasteiger partial charge in [0.2, 0.25) is 5.91 Å². The van der Waals surface area contributed by atoms with Crippen molar-refractivity contribution in [1.82, 2.24) is 10.2 Å². The normalized spacial score (nSPS) is 26.2. The van der Waals surface area contributed by atoms with Gasteiger partial charge < -0.3 is 4.90 Å². The average molecular weight is 272 g/mol. The van der Waals surface area contributed by atoms with Crippen LogP contribution in [-0.4, -0.2) is 23.4 Å². The minimum atomic E-state index is 0.0129. The molecule has 1 aromatic rings. The summed E-state index contributed by atoms with van der Waals surface area (Å²) < 4.78 is 0. The van der Waals surface area contributed by atoms with Crippen LogP contribution in [0.5, 0.6) is 0 Å². The second-order valence-corrected chi connectivity index (χ2v) is 6.11. The highest BCUT2D eigenvalue weighted by Gasteiger charge is 2.41. The molecule has 1 saturated heterocycles. The monoisotopic (exact) mass is 272 g/mol. The molecule has 0 aromatic heterocycles. The van der Waals surface area contributed by atoms with Crippen LogP contribution in [0.1, 0.15) is 50.8 Å². The third kappa shape index (κ3) is 2.88. The van der Waals surface area contributed by atoms with Gasteiger partial charge in [-0.1, -0.05) is 50.1 Å². The van der Waals surface area contributed by atoms with Crippen LogP contribution in [0.2, 0.25) is 0 Å². The highest BCUT2D eigenvalue weighted by Crippen LogP contribution is 2.35. The van der Waals surface area contributed by atoms with Gasteiger partial charge >= 0.3 is 0 Å². The highest BCUT2D eigenvalue weighted by molar-refractivity contribution is 5.84. The zero-order chi connectivity index (χ0) is 13.9. The van der Waals surface area contributed by atoms with E-state index in [9.17, 15) is 4.79 Å². The number of unbranched alkanes of at least 4 members (excludes halogenated alkanes) is 1. The molecule has 3 rings (SSSR count). The lowest BCUT2D eigenvalue weighted by Crippen LogP contribution is -2.32.